The van der Waals surface area contributed by atoms with Crippen LogP contribution < -0.4 is 4.90 Å². The van der Waals surface area contributed by atoms with Gasteiger partial charge in [0.25, 0.3) is 0 Å². The molecule has 1 aromatic heterocycles. The highest BCUT2D eigenvalue weighted by atomic mass is 32.2. The highest BCUT2D eigenvalue weighted by Gasteiger charge is 2.29. The van der Waals surface area contributed by atoms with Crippen molar-refractivity contribution < 1.29 is 5.11 Å². The fourth-order valence-electron chi connectivity index (χ4n) is 2.47. The second-order valence-electron chi connectivity index (χ2n) is 4.68. The molecule has 1 N–H and O–H groups in total. The summed E-state index contributed by atoms with van der Waals surface area (Å²) in [5, 5.41) is 14.6. The van der Waals surface area contributed by atoms with Crippen LogP contribution in [-0.2, 0) is 13.7 Å². The lowest BCUT2D eigenvalue weighted by Crippen LogP contribution is -2.46. The molecule has 17 heavy (non-hydrogen) atoms. The van der Waals surface area contributed by atoms with Crippen molar-refractivity contribution in [2.45, 2.75) is 38.7 Å². The molecule has 1 aliphatic rings. The van der Waals surface area contributed by atoms with Crippen molar-refractivity contribution >= 4 is 17.6 Å². The number of hydrogen-bond donors (Lipinski definition) is 1. The molecule has 2 heterocycles. The Morgan fingerprint density at radius 1 is 1.47 bits per heavy atom. The number of aryl methyl sites for hydroxylation is 2. The Labute approximate surface area is 107 Å². The molecule has 5 heteroatoms. The van der Waals surface area contributed by atoms with Crippen LogP contribution in [0, 0.1) is 6.92 Å². The van der Waals surface area contributed by atoms with Crippen molar-refractivity contribution in [1.82, 2.24) is 9.78 Å². The molecule has 2 atom stereocenters. The molecule has 0 radical (unpaired) electrons. The van der Waals surface area contributed by atoms with E-state index in [4.69, 9.17) is 0 Å². The van der Waals surface area contributed by atoms with Gasteiger partial charge >= 0.3 is 0 Å². The fraction of sp³-hybridized carbons (Fsp3) is 0.750. The first-order valence-corrected chi connectivity index (χ1v) is 7.12. The van der Waals surface area contributed by atoms with Gasteiger partial charge in [0.15, 0.2) is 0 Å². The first kappa shape index (κ1) is 12.8. The molecule has 1 fully saturated rings. The third-order valence-electron chi connectivity index (χ3n) is 3.63. The van der Waals surface area contributed by atoms with E-state index in [0.717, 1.165) is 29.4 Å². The number of aromatic nitrogens is 2. The van der Waals surface area contributed by atoms with Gasteiger partial charge in [-0.05, 0) is 13.8 Å². The van der Waals surface area contributed by atoms with Crippen molar-refractivity contribution in [2.24, 2.45) is 7.05 Å². The number of aliphatic hydroxyl groups excluding tert-OH is 1. The maximum Gasteiger partial charge on any atom is 0.132 e. The first-order valence-electron chi connectivity index (χ1n) is 6.07. The van der Waals surface area contributed by atoms with Gasteiger partial charge in [-0.1, -0.05) is 6.92 Å². The molecular formula is C12H21N3OS. The molecule has 1 saturated heterocycles. The zero-order valence-electron chi connectivity index (χ0n) is 11.0. The Bertz CT molecular complexity index is 405. The van der Waals surface area contributed by atoms with Gasteiger partial charge in [0.1, 0.15) is 5.82 Å². The second-order valence-corrected chi connectivity index (χ2v) is 6.16. The van der Waals surface area contributed by atoms with E-state index in [9.17, 15) is 5.11 Å². The molecular weight excluding hydrogens is 234 g/mol. The number of thioether (sulfide) groups is 1. The number of nitrogens with zero attached hydrogens (tertiary/aromatic N) is 3. The molecule has 0 aliphatic carbocycles. The summed E-state index contributed by atoms with van der Waals surface area (Å²) in [6.45, 7) is 7.58. The molecule has 1 aromatic rings. The van der Waals surface area contributed by atoms with E-state index in [1.54, 1.807) is 0 Å². The van der Waals surface area contributed by atoms with Gasteiger partial charge < -0.3 is 10.0 Å². The first-order chi connectivity index (χ1) is 8.06. The molecule has 0 bridgehead atoms. The summed E-state index contributed by atoms with van der Waals surface area (Å²) in [6, 6.07) is 0.480. The van der Waals surface area contributed by atoms with E-state index in [0.29, 0.717) is 11.3 Å². The van der Waals surface area contributed by atoms with Crippen LogP contribution in [0.1, 0.15) is 25.1 Å². The number of rotatable bonds is 2. The lowest BCUT2D eigenvalue weighted by molar-refractivity contribution is 0.281. The van der Waals surface area contributed by atoms with Gasteiger partial charge in [-0.25, -0.2) is 0 Å². The zero-order valence-corrected chi connectivity index (χ0v) is 11.8. The predicted molar refractivity (Wildman–Crippen MR) is 72.6 cm³/mol. The molecule has 0 amide bonds. The van der Waals surface area contributed by atoms with Crippen molar-refractivity contribution in [3.8, 4) is 0 Å². The van der Waals surface area contributed by atoms with Crippen molar-refractivity contribution in [3.05, 3.63) is 11.3 Å². The van der Waals surface area contributed by atoms with Gasteiger partial charge in [-0.2, -0.15) is 16.9 Å². The monoisotopic (exact) mass is 255 g/mol. The molecule has 0 aromatic carbocycles. The summed E-state index contributed by atoms with van der Waals surface area (Å²) in [5.41, 5.74) is 1.90. The van der Waals surface area contributed by atoms with Gasteiger partial charge in [0.2, 0.25) is 0 Å². The van der Waals surface area contributed by atoms with Crippen LogP contribution in [0.4, 0.5) is 5.82 Å². The summed E-state index contributed by atoms with van der Waals surface area (Å²) in [7, 11) is 1.96. The summed E-state index contributed by atoms with van der Waals surface area (Å²) in [6.07, 6.45) is 0. The van der Waals surface area contributed by atoms with Gasteiger partial charge in [0, 0.05) is 36.2 Å². The predicted octanol–water partition coefficient (Wildman–Crippen LogP) is 1.55. The highest BCUT2D eigenvalue weighted by molar-refractivity contribution is 8.00. The lowest BCUT2D eigenvalue weighted by Gasteiger charge is -2.39. The molecule has 1 aliphatic heterocycles. The van der Waals surface area contributed by atoms with Crippen molar-refractivity contribution in [2.75, 3.05) is 17.2 Å². The lowest BCUT2D eigenvalue weighted by atomic mass is 10.1. The molecule has 96 valence electrons. The number of hydrogen-bond acceptors (Lipinski definition) is 4. The van der Waals surface area contributed by atoms with Crippen LogP contribution in [0.25, 0.3) is 0 Å². The Kier molecular flexibility index (Phi) is 3.68. The molecule has 2 unspecified atom stereocenters. The van der Waals surface area contributed by atoms with Crippen LogP contribution >= 0.6 is 11.8 Å². The van der Waals surface area contributed by atoms with E-state index in [2.05, 4.69) is 23.8 Å². The minimum absolute atomic E-state index is 0.0692. The Hall–Kier alpha value is -0.680. The number of aliphatic hydroxyl groups is 1. The second kappa shape index (κ2) is 4.90. The quantitative estimate of drug-likeness (QED) is 0.870. The van der Waals surface area contributed by atoms with Crippen LogP contribution in [-0.4, -0.2) is 38.5 Å². The summed E-state index contributed by atoms with van der Waals surface area (Å²) >= 11 is 2.02. The van der Waals surface area contributed by atoms with Crippen LogP contribution in [0.2, 0.25) is 0 Å². The van der Waals surface area contributed by atoms with Gasteiger partial charge in [0.05, 0.1) is 12.3 Å². The van der Waals surface area contributed by atoms with Gasteiger partial charge in [-0.15, -0.1) is 0 Å². The largest absolute Gasteiger partial charge is 0.391 e. The fourth-order valence-corrected chi connectivity index (χ4v) is 3.57. The van der Waals surface area contributed by atoms with Crippen molar-refractivity contribution in [1.29, 1.82) is 0 Å². The Morgan fingerprint density at radius 2 is 2.18 bits per heavy atom. The SMILES string of the molecule is Cc1nn(C)c(N2CCSC(C)C2C)c1CO. The van der Waals surface area contributed by atoms with Gasteiger partial charge in [-0.3, -0.25) is 4.68 Å². The zero-order chi connectivity index (χ0) is 12.6. The topological polar surface area (TPSA) is 41.3 Å². The standard InChI is InChI=1S/C12H21N3OS/c1-8-11(7-16)12(14(4)13-8)15-5-6-17-10(3)9(15)2/h9-10,16H,5-7H2,1-4H3. The summed E-state index contributed by atoms with van der Waals surface area (Å²) < 4.78 is 1.90. The third-order valence-corrected chi connectivity index (χ3v) is 4.97. The minimum atomic E-state index is 0.0692. The Morgan fingerprint density at radius 3 is 2.82 bits per heavy atom. The average molecular weight is 255 g/mol. The minimum Gasteiger partial charge on any atom is -0.391 e. The molecule has 0 spiro atoms. The van der Waals surface area contributed by atoms with E-state index in [-0.39, 0.29) is 6.61 Å². The average Bonchev–Trinajstić information content (AvgIpc) is 2.57. The van der Waals surface area contributed by atoms with Crippen LogP contribution in [0.15, 0.2) is 0 Å². The van der Waals surface area contributed by atoms with E-state index in [1.165, 1.54) is 0 Å². The van der Waals surface area contributed by atoms with Crippen LogP contribution in [0.5, 0.6) is 0 Å². The normalized spacial score (nSPS) is 25.4. The molecule has 2 rings (SSSR count). The van der Waals surface area contributed by atoms with E-state index in [1.807, 2.05) is 30.4 Å². The highest BCUT2D eigenvalue weighted by Crippen LogP contribution is 2.32. The summed E-state index contributed by atoms with van der Waals surface area (Å²) in [4.78, 5) is 2.38. The Balaban J connectivity index is 2.38. The number of anilines is 1. The van der Waals surface area contributed by atoms with Crippen LogP contribution in [0.3, 0.4) is 0 Å². The maximum atomic E-state index is 9.51. The van der Waals surface area contributed by atoms with E-state index >= 15 is 0 Å². The smallest absolute Gasteiger partial charge is 0.132 e. The molecule has 0 saturated carbocycles. The summed E-state index contributed by atoms with van der Waals surface area (Å²) in [5.74, 6) is 2.23. The molecule has 4 nitrogen and oxygen atoms in total. The van der Waals surface area contributed by atoms with Crippen molar-refractivity contribution in [3.63, 3.8) is 0 Å². The maximum absolute atomic E-state index is 9.51. The van der Waals surface area contributed by atoms with E-state index < -0.39 is 0 Å². The third kappa shape index (κ3) is 2.18.